The summed E-state index contributed by atoms with van der Waals surface area (Å²) in [6.07, 6.45) is 3.43. The number of aliphatic hydroxyl groups excluding tert-OH is 1. The molecule has 0 radical (unpaired) electrons. The summed E-state index contributed by atoms with van der Waals surface area (Å²) in [5, 5.41) is 11.9. The third kappa shape index (κ3) is 4.17. The van der Waals surface area contributed by atoms with Crippen LogP contribution in [-0.2, 0) is 24.2 Å². The minimum absolute atomic E-state index is 0.00962. The molecule has 1 aromatic carbocycles. The summed E-state index contributed by atoms with van der Waals surface area (Å²) in [7, 11) is 0. The Labute approximate surface area is 140 Å². The van der Waals surface area contributed by atoms with Crippen molar-refractivity contribution in [3.8, 4) is 0 Å². The number of aliphatic hydroxyl groups is 1. The zero-order chi connectivity index (χ0) is 16.8. The molecule has 24 heavy (non-hydrogen) atoms. The number of amides is 1. The highest BCUT2D eigenvalue weighted by Crippen LogP contribution is 2.09. The van der Waals surface area contributed by atoms with Gasteiger partial charge >= 0.3 is 0 Å². The quantitative estimate of drug-likeness (QED) is 0.617. The number of benzene rings is 1. The van der Waals surface area contributed by atoms with Crippen molar-refractivity contribution in [2.45, 2.75) is 25.9 Å². The van der Waals surface area contributed by atoms with Crippen molar-refractivity contribution in [2.24, 2.45) is 0 Å². The standard InChI is InChI=1S/C18H20N4O2/c23-12-14-5-3-13(4-6-14)9-11-19-17(24)8-7-16-21-15-2-1-10-20-18(15)22-16/h1-6,10,23H,7-9,11-12H2,(H,19,24)(H,20,21,22). The number of aromatic nitrogens is 3. The molecule has 2 heterocycles. The molecule has 0 aliphatic carbocycles. The van der Waals surface area contributed by atoms with E-state index in [0.717, 1.165) is 28.9 Å². The minimum Gasteiger partial charge on any atom is -0.392 e. The van der Waals surface area contributed by atoms with Crippen LogP contribution in [0.5, 0.6) is 0 Å². The fourth-order valence-electron chi connectivity index (χ4n) is 2.49. The largest absolute Gasteiger partial charge is 0.392 e. The Bertz CT molecular complexity index is 778. The van der Waals surface area contributed by atoms with E-state index in [-0.39, 0.29) is 12.5 Å². The number of rotatable bonds is 7. The number of aromatic amines is 1. The van der Waals surface area contributed by atoms with Gasteiger partial charge in [0.25, 0.3) is 0 Å². The molecule has 0 spiro atoms. The van der Waals surface area contributed by atoms with E-state index < -0.39 is 0 Å². The van der Waals surface area contributed by atoms with Crippen molar-refractivity contribution in [1.82, 2.24) is 20.3 Å². The van der Waals surface area contributed by atoms with Gasteiger partial charge in [0.05, 0.1) is 12.1 Å². The van der Waals surface area contributed by atoms with Gasteiger partial charge in [-0.2, -0.15) is 0 Å². The van der Waals surface area contributed by atoms with Gasteiger partial charge < -0.3 is 15.4 Å². The molecule has 1 amide bonds. The molecule has 0 aliphatic heterocycles. The lowest BCUT2D eigenvalue weighted by Gasteiger charge is -2.05. The van der Waals surface area contributed by atoms with Crippen LogP contribution in [-0.4, -0.2) is 32.5 Å². The molecular formula is C18H20N4O2. The molecule has 3 aromatic rings. The van der Waals surface area contributed by atoms with Crippen LogP contribution in [0.1, 0.15) is 23.4 Å². The first-order valence-corrected chi connectivity index (χ1v) is 7.99. The number of pyridine rings is 1. The maximum atomic E-state index is 11.9. The van der Waals surface area contributed by atoms with E-state index in [1.165, 1.54) is 0 Å². The van der Waals surface area contributed by atoms with Gasteiger partial charge in [-0.1, -0.05) is 24.3 Å². The molecule has 0 saturated heterocycles. The van der Waals surface area contributed by atoms with Gasteiger partial charge in [-0.25, -0.2) is 9.97 Å². The van der Waals surface area contributed by atoms with E-state index in [0.29, 0.717) is 25.0 Å². The fraction of sp³-hybridized carbons (Fsp3) is 0.278. The topological polar surface area (TPSA) is 90.9 Å². The summed E-state index contributed by atoms with van der Waals surface area (Å²) in [5.41, 5.74) is 3.59. The molecule has 0 unspecified atom stereocenters. The third-order valence-electron chi connectivity index (χ3n) is 3.84. The minimum atomic E-state index is 0.00962. The molecule has 0 saturated carbocycles. The molecular weight excluding hydrogens is 304 g/mol. The van der Waals surface area contributed by atoms with E-state index in [1.54, 1.807) is 6.20 Å². The maximum Gasteiger partial charge on any atom is 0.220 e. The predicted octanol–water partition coefficient (Wildman–Crippen LogP) is 1.74. The van der Waals surface area contributed by atoms with E-state index in [1.807, 2.05) is 36.4 Å². The van der Waals surface area contributed by atoms with Gasteiger partial charge in [-0.15, -0.1) is 0 Å². The third-order valence-corrected chi connectivity index (χ3v) is 3.84. The van der Waals surface area contributed by atoms with E-state index in [4.69, 9.17) is 5.11 Å². The number of hydrogen-bond acceptors (Lipinski definition) is 4. The van der Waals surface area contributed by atoms with Gasteiger partial charge in [0.2, 0.25) is 5.91 Å². The normalized spacial score (nSPS) is 10.9. The van der Waals surface area contributed by atoms with Crippen molar-refractivity contribution in [1.29, 1.82) is 0 Å². The Morgan fingerprint density at radius 1 is 1.12 bits per heavy atom. The first-order chi connectivity index (χ1) is 11.7. The lowest BCUT2D eigenvalue weighted by atomic mass is 10.1. The van der Waals surface area contributed by atoms with Gasteiger partial charge in [0, 0.05) is 25.6 Å². The maximum absolute atomic E-state index is 11.9. The summed E-state index contributed by atoms with van der Waals surface area (Å²) < 4.78 is 0. The van der Waals surface area contributed by atoms with E-state index >= 15 is 0 Å². The Hall–Kier alpha value is -2.73. The van der Waals surface area contributed by atoms with Crippen LogP contribution in [0.2, 0.25) is 0 Å². The molecule has 6 heteroatoms. The molecule has 6 nitrogen and oxygen atoms in total. The van der Waals surface area contributed by atoms with Crippen LogP contribution in [0.4, 0.5) is 0 Å². The number of imidazole rings is 1. The summed E-state index contributed by atoms with van der Waals surface area (Å²) in [6, 6.07) is 11.5. The van der Waals surface area contributed by atoms with Gasteiger partial charge in [-0.3, -0.25) is 4.79 Å². The van der Waals surface area contributed by atoms with E-state index in [9.17, 15) is 4.79 Å². The predicted molar refractivity (Wildman–Crippen MR) is 91.3 cm³/mol. The second-order valence-electron chi connectivity index (χ2n) is 5.63. The first-order valence-electron chi connectivity index (χ1n) is 7.99. The van der Waals surface area contributed by atoms with Gasteiger partial charge in [0.15, 0.2) is 5.65 Å². The Morgan fingerprint density at radius 3 is 2.67 bits per heavy atom. The van der Waals surface area contributed by atoms with Crippen molar-refractivity contribution in [3.63, 3.8) is 0 Å². The van der Waals surface area contributed by atoms with Crippen molar-refractivity contribution >= 4 is 17.1 Å². The lowest BCUT2D eigenvalue weighted by Crippen LogP contribution is -2.26. The number of hydrogen-bond donors (Lipinski definition) is 3. The fourth-order valence-corrected chi connectivity index (χ4v) is 2.49. The first kappa shape index (κ1) is 16.1. The van der Waals surface area contributed by atoms with Crippen LogP contribution in [0.3, 0.4) is 0 Å². The number of carbonyl (C=O) groups excluding carboxylic acids is 1. The van der Waals surface area contributed by atoms with Gasteiger partial charge in [0.1, 0.15) is 5.82 Å². The van der Waals surface area contributed by atoms with Crippen molar-refractivity contribution < 1.29 is 9.90 Å². The molecule has 0 aliphatic rings. The van der Waals surface area contributed by atoms with Crippen LogP contribution in [0.15, 0.2) is 42.6 Å². The van der Waals surface area contributed by atoms with Crippen LogP contribution in [0.25, 0.3) is 11.2 Å². The number of aryl methyl sites for hydroxylation is 1. The highest BCUT2D eigenvalue weighted by molar-refractivity contribution is 5.76. The summed E-state index contributed by atoms with van der Waals surface area (Å²) in [4.78, 5) is 23.6. The van der Waals surface area contributed by atoms with Gasteiger partial charge in [-0.05, 0) is 29.7 Å². The lowest BCUT2D eigenvalue weighted by molar-refractivity contribution is -0.121. The van der Waals surface area contributed by atoms with Crippen molar-refractivity contribution in [2.75, 3.05) is 6.54 Å². The molecule has 124 valence electrons. The smallest absolute Gasteiger partial charge is 0.220 e. The average molecular weight is 324 g/mol. The number of fused-ring (bicyclic) bond motifs is 1. The Morgan fingerprint density at radius 2 is 1.92 bits per heavy atom. The number of nitrogens with zero attached hydrogens (tertiary/aromatic N) is 2. The van der Waals surface area contributed by atoms with E-state index in [2.05, 4.69) is 20.3 Å². The molecule has 0 fully saturated rings. The second kappa shape index (κ2) is 7.70. The average Bonchev–Trinajstić information content (AvgIpc) is 3.03. The SMILES string of the molecule is O=C(CCc1nc2ncccc2[nH]1)NCCc1ccc(CO)cc1. The zero-order valence-corrected chi connectivity index (χ0v) is 13.3. The summed E-state index contributed by atoms with van der Waals surface area (Å²) in [6.45, 7) is 0.646. The summed E-state index contributed by atoms with van der Waals surface area (Å²) in [5.74, 6) is 0.786. The highest BCUT2D eigenvalue weighted by Gasteiger charge is 2.06. The van der Waals surface area contributed by atoms with Crippen LogP contribution < -0.4 is 5.32 Å². The molecule has 0 bridgehead atoms. The van der Waals surface area contributed by atoms with Crippen molar-refractivity contribution in [3.05, 3.63) is 59.5 Å². The number of H-pyrrole nitrogens is 1. The Kier molecular flexibility index (Phi) is 5.18. The molecule has 0 atom stereocenters. The number of nitrogens with one attached hydrogen (secondary N) is 2. The highest BCUT2D eigenvalue weighted by atomic mass is 16.3. The summed E-state index contributed by atoms with van der Waals surface area (Å²) >= 11 is 0. The zero-order valence-electron chi connectivity index (χ0n) is 13.3. The van der Waals surface area contributed by atoms with Crippen LogP contribution >= 0.6 is 0 Å². The molecule has 2 aromatic heterocycles. The monoisotopic (exact) mass is 324 g/mol. The van der Waals surface area contributed by atoms with Crippen LogP contribution in [0, 0.1) is 0 Å². The molecule has 3 N–H and O–H groups in total. The number of carbonyl (C=O) groups is 1. The Balaban J connectivity index is 1.42. The molecule has 3 rings (SSSR count). The second-order valence-corrected chi connectivity index (χ2v) is 5.63.